The topological polar surface area (TPSA) is 73.5 Å². The molecule has 0 aromatic carbocycles. The highest BCUT2D eigenvalue weighted by atomic mass is 16.5. The highest BCUT2D eigenvalue weighted by molar-refractivity contribution is 4.90. The van der Waals surface area contributed by atoms with E-state index in [0.29, 0.717) is 12.8 Å². The summed E-state index contributed by atoms with van der Waals surface area (Å²) < 4.78 is 5.08. The maximum atomic E-state index is 9.17. The lowest BCUT2D eigenvalue weighted by atomic mass is 10.0. The Morgan fingerprint density at radius 1 is 1.55 bits per heavy atom. The molecule has 1 fully saturated rings. The molecule has 0 amide bonds. The molecule has 0 spiro atoms. The fraction of sp³-hybridized carbons (Fsp3) is 0.857. The number of aliphatic hydroxyl groups is 2. The molecule has 2 N–H and O–H groups in total. The van der Waals surface area contributed by atoms with Gasteiger partial charge in [0.15, 0.2) is 0 Å². The molecule has 1 aliphatic heterocycles. The highest BCUT2D eigenvalue weighted by Gasteiger charge is 2.27. The van der Waals surface area contributed by atoms with Gasteiger partial charge in [-0.2, -0.15) is 5.26 Å². The molecule has 3 unspecified atom stereocenters. The van der Waals surface area contributed by atoms with Gasteiger partial charge in [0.1, 0.15) is 6.10 Å². The van der Waals surface area contributed by atoms with Crippen molar-refractivity contribution < 1.29 is 14.9 Å². The molecule has 4 nitrogen and oxygen atoms in total. The smallest absolute Gasteiger partial charge is 0.146 e. The van der Waals surface area contributed by atoms with Gasteiger partial charge in [0.05, 0.1) is 24.9 Å². The minimum Gasteiger partial charge on any atom is -0.394 e. The van der Waals surface area contributed by atoms with Crippen molar-refractivity contribution in [2.24, 2.45) is 0 Å². The van der Waals surface area contributed by atoms with Gasteiger partial charge in [-0.25, -0.2) is 0 Å². The van der Waals surface area contributed by atoms with Crippen molar-refractivity contribution >= 4 is 0 Å². The highest BCUT2D eigenvalue weighted by Crippen LogP contribution is 2.18. The van der Waals surface area contributed by atoms with Gasteiger partial charge in [-0.1, -0.05) is 0 Å². The zero-order chi connectivity index (χ0) is 8.27. The number of aliphatic hydroxyl groups excluding tert-OH is 2. The fourth-order valence-electron chi connectivity index (χ4n) is 1.19. The lowest BCUT2D eigenvalue weighted by Gasteiger charge is -2.28. The largest absolute Gasteiger partial charge is 0.394 e. The second-order valence-corrected chi connectivity index (χ2v) is 2.68. The summed E-state index contributed by atoms with van der Waals surface area (Å²) in [5.41, 5.74) is 0. The van der Waals surface area contributed by atoms with Gasteiger partial charge in [-0.05, 0) is 0 Å². The summed E-state index contributed by atoms with van der Waals surface area (Å²) in [6, 6.07) is 1.91. The molecular weight excluding hydrogens is 146 g/mol. The van der Waals surface area contributed by atoms with Gasteiger partial charge in [0.2, 0.25) is 0 Å². The molecular formula is C7H11NO3. The summed E-state index contributed by atoms with van der Waals surface area (Å²) in [5, 5.41) is 26.3. The summed E-state index contributed by atoms with van der Waals surface area (Å²) in [6.07, 6.45) is -0.661. The van der Waals surface area contributed by atoms with Crippen LogP contribution in [0.15, 0.2) is 0 Å². The Bertz CT molecular complexity index is 166. The van der Waals surface area contributed by atoms with Crippen LogP contribution in [0.1, 0.15) is 12.8 Å². The Kier molecular flexibility index (Phi) is 2.83. The van der Waals surface area contributed by atoms with Crippen LogP contribution in [0.4, 0.5) is 0 Å². The Morgan fingerprint density at radius 3 is 2.82 bits per heavy atom. The monoisotopic (exact) mass is 157 g/mol. The van der Waals surface area contributed by atoms with Crippen molar-refractivity contribution in [1.29, 1.82) is 5.26 Å². The predicted molar refractivity (Wildman–Crippen MR) is 36.6 cm³/mol. The second-order valence-electron chi connectivity index (χ2n) is 2.68. The molecule has 1 rings (SSSR count). The van der Waals surface area contributed by atoms with E-state index >= 15 is 0 Å². The molecule has 3 atom stereocenters. The molecule has 1 aliphatic rings. The zero-order valence-corrected chi connectivity index (χ0v) is 6.10. The Labute approximate surface area is 65.0 Å². The molecule has 1 saturated heterocycles. The number of rotatable bonds is 1. The van der Waals surface area contributed by atoms with E-state index in [9.17, 15) is 5.11 Å². The van der Waals surface area contributed by atoms with Crippen LogP contribution in [0, 0.1) is 11.3 Å². The third-order valence-corrected chi connectivity index (χ3v) is 1.73. The summed E-state index contributed by atoms with van der Waals surface area (Å²) in [7, 11) is 0. The van der Waals surface area contributed by atoms with Crippen molar-refractivity contribution in [3.63, 3.8) is 0 Å². The van der Waals surface area contributed by atoms with Gasteiger partial charge in [-0.15, -0.1) is 0 Å². The molecule has 1 heterocycles. The lowest BCUT2D eigenvalue weighted by molar-refractivity contribution is -0.0907. The summed E-state index contributed by atoms with van der Waals surface area (Å²) in [6.45, 7) is -0.130. The van der Waals surface area contributed by atoms with Crippen LogP contribution in [0.5, 0.6) is 0 Å². The molecule has 0 bridgehead atoms. The fourth-order valence-corrected chi connectivity index (χ4v) is 1.19. The van der Waals surface area contributed by atoms with Crippen LogP contribution >= 0.6 is 0 Å². The number of nitriles is 1. The Balaban J connectivity index is 2.45. The van der Waals surface area contributed by atoms with E-state index in [1.807, 2.05) is 6.07 Å². The molecule has 0 aromatic heterocycles. The van der Waals surface area contributed by atoms with Gasteiger partial charge in [0.25, 0.3) is 0 Å². The lowest BCUT2D eigenvalue weighted by Crippen LogP contribution is -2.36. The first-order chi connectivity index (χ1) is 5.26. The van der Waals surface area contributed by atoms with Crippen LogP contribution in [-0.2, 0) is 4.74 Å². The van der Waals surface area contributed by atoms with E-state index in [1.54, 1.807) is 0 Å². The van der Waals surface area contributed by atoms with Crippen molar-refractivity contribution in [3.8, 4) is 6.07 Å². The maximum Gasteiger partial charge on any atom is 0.146 e. The van der Waals surface area contributed by atoms with E-state index < -0.39 is 12.2 Å². The number of nitrogens with zero attached hydrogens (tertiary/aromatic N) is 1. The third-order valence-electron chi connectivity index (χ3n) is 1.73. The van der Waals surface area contributed by atoms with E-state index in [0.717, 1.165) is 0 Å². The van der Waals surface area contributed by atoms with E-state index in [2.05, 4.69) is 0 Å². The average Bonchev–Trinajstić information content (AvgIpc) is 2.03. The summed E-state index contributed by atoms with van der Waals surface area (Å²) >= 11 is 0. The predicted octanol–water partition coefficient (Wildman–Crippen LogP) is -0.589. The van der Waals surface area contributed by atoms with Crippen molar-refractivity contribution in [2.75, 3.05) is 6.61 Å². The van der Waals surface area contributed by atoms with Crippen LogP contribution in [0.2, 0.25) is 0 Å². The average molecular weight is 157 g/mol. The molecule has 4 heteroatoms. The first-order valence-corrected chi connectivity index (χ1v) is 3.60. The van der Waals surface area contributed by atoms with Gasteiger partial charge in [0, 0.05) is 12.8 Å². The SMILES string of the molecule is N#CC1CC(O)CC(CO)O1. The van der Waals surface area contributed by atoms with Crippen LogP contribution in [-0.4, -0.2) is 35.1 Å². The minimum absolute atomic E-state index is 0.130. The summed E-state index contributed by atoms with van der Waals surface area (Å²) in [5.74, 6) is 0. The Hall–Kier alpha value is -0.630. The van der Waals surface area contributed by atoms with Gasteiger partial charge >= 0.3 is 0 Å². The first-order valence-electron chi connectivity index (χ1n) is 3.60. The van der Waals surface area contributed by atoms with E-state index in [4.69, 9.17) is 15.1 Å². The number of ether oxygens (including phenoxy) is 1. The summed E-state index contributed by atoms with van der Waals surface area (Å²) in [4.78, 5) is 0. The molecule has 0 saturated carbocycles. The molecule has 0 aromatic rings. The maximum absolute atomic E-state index is 9.17. The normalized spacial score (nSPS) is 38.1. The minimum atomic E-state index is -0.559. The van der Waals surface area contributed by atoms with Gasteiger partial charge < -0.3 is 14.9 Å². The zero-order valence-electron chi connectivity index (χ0n) is 6.10. The number of hydrogen-bond donors (Lipinski definition) is 2. The first kappa shape index (κ1) is 8.47. The van der Waals surface area contributed by atoms with Gasteiger partial charge in [-0.3, -0.25) is 0 Å². The quantitative estimate of drug-likeness (QED) is 0.533. The molecule has 0 radical (unpaired) electrons. The van der Waals surface area contributed by atoms with Crippen molar-refractivity contribution in [1.82, 2.24) is 0 Å². The molecule has 62 valence electrons. The van der Waals surface area contributed by atoms with Crippen LogP contribution < -0.4 is 0 Å². The van der Waals surface area contributed by atoms with Crippen LogP contribution in [0.3, 0.4) is 0 Å². The van der Waals surface area contributed by atoms with Crippen molar-refractivity contribution in [3.05, 3.63) is 0 Å². The van der Waals surface area contributed by atoms with E-state index in [1.165, 1.54) is 0 Å². The Morgan fingerprint density at radius 2 is 2.27 bits per heavy atom. The molecule has 0 aliphatic carbocycles. The molecule has 11 heavy (non-hydrogen) atoms. The van der Waals surface area contributed by atoms with Crippen LogP contribution in [0.25, 0.3) is 0 Å². The standard InChI is InChI=1S/C7H11NO3/c8-3-6-1-5(10)2-7(4-9)11-6/h5-7,9-10H,1-2,4H2. The second kappa shape index (κ2) is 3.67. The van der Waals surface area contributed by atoms with Crippen molar-refractivity contribution in [2.45, 2.75) is 31.2 Å². The third kappa shape index (κ3) is 2.15. The van der Waals surface area contributed by atoms with E-state index in [-0.39, 0.29) is 12.7 Å². The number of hydrogen-bond acceptors (Lipinski definition) is 4.